The van der Waals surface area contributed by atoms with E-state index in [0.717, 1.165) is 29.2 Å². The van der Waals surface area contributed by atoms with E-state index in [-0.39, 0.29) is 5.97 Å². The fourth-order valence-electron chi connectivity index (χ4n) is 2.15. The van der Waals surface area contributed by atoms with Gasteiger partial charge in [0.1, 0.15) is 5.00 Å². The van der Waals surface area contributed by atoms with Gasteiger partial charge in [0.05, 0.1) is 12.2 Å². The van der Waals surface area contributed by atoms with Gasteiger partial charge in [-0.15, -0.1) is 11.3 Å². The summed E-state index contributed by atoms with van der Waals surface area (Å²) in [5.41, 5.74) is 1.57. The summed E-state index contributed by atoms with van der Waals surface area (Å²) in [7, 11) is 0. The zero-order valence-corrected chi connectivity index (χ0v) is 16.8. The van der Waals surface area contributed by atoms with Crippen molar-refractivity contribution in [1.29, 1.82) is 0 Å². The molecule has 0 saturated carbocycles. The Morgan fingerprint density at radius 3 is 2.76 bits per heavy atom. The second-order valence-electron chi connectivity index (χ2n) is 5.17. The molecule has 2 rings (SSSR count). The van der Waals surface area contributed by atoms with Crippen LogP contribution in [0.5, 0.6) is 0 Å². The van der Waals surface area contributed by atoms with Gasteiger partial charge in [0.15, 0.2) is 5.11 Å². The highest BCUT2D eigenvalue weighted by Crippen LogP contribution is 2.35. The number of ether oxygens (including phenoxy) is 1. The van der Waals surface area contributed by atoms with Crippen LogP contribution in [-0.2, 0) is 4.74 Å². The number of carbonyl (C=O) groups excluding carboxylic acids is 1. The number of anilines is 1. The molecule has 2 aromatic rings. The van der Waals surface area contributed by atoms with Gasteiger partial charge < -0.3 is 15.4 Å². The molecule has 1 heterocycles. The molecule has 7 heteroatoms. The molecular weight excluding hydrogens is 372 g/mol. The SMILES string of the molecule is CCOC(=O)c1cc(-c2ccccc2)sc1NC(=S)NCCCSC. The minimum atomic E-state index is -0.339. The average molecular weight is 395 g/mol. The normalized spacial score (nSPS) is 10.3. The Morgan fingerprint density at radius 1 is 1.32 bits per heavy atom. The first-order valence-electron chi connectivity index (χ1n) is 8.05. The number of rotatable bonds is 8. The molecule has 0 aliphatic carbocycles. The summed E-state index contributed by atoms with van der Waals surface area (Å²) in [6, 6.07) is 11.8. The van der Waals surface area contributed by atoms with Gasteiger partial charge in [-0.2, -0.15) is 11.8 Å². The highest BCUT2D eigenvalue weighted by atomic mass is 32.2. The fourth-order valence-corrected chi connectivity index (χ4v) is 3.91. The van der Waals surface area contributed by atoms with E-state index < -0.39 is 0 Å². The summed E-state index contributed by atoms with van der Waals surface area (Å²) in [6.45, 7) is 2.94. The second kappa shape index (κ2) is 10.4. The molecule has 25 heavy (non-hydrogen) atoms. The van der Waals surface area contributed by atoms with Crippen molar-refractivity contribution in [3.63, 3.8) is 0 Å². The van der Waals surface area contributed by atoms with E-state index >= 15 is 0 Å². The van der Waals surface area contributed by atoms with Crippen molar-refractivity contribution in [2.75, 3.05) is 30.5 Å². The lowest BCUT2D eigenvalue weighted by Gasteiger charge is -2.10. The largest absolute Gasteiger partial charge is 0.462 e. The van der Waals surface area contributed by atoms with E-state index in [0.29, 0.717) is 22.3 Å². The zero-order valence-electron chi connectivity index (χ0n) is 14.3. The first kappa shape index (κ1) is 19.8. The van der Waals surface area contributed by atoms with E-state index in [2.05, 4.69) is 16.9 Å². The molecule has 0 radical (unpaired) electrons. The molecule has 0 fully saturated rings. The summed E-state index contributed by atoms with van der Waals surface area (Å²) < 4.78 is 5.17. The molecule has 0 aliphatic heterocycles. The van der Waals surface area contributed by atoms with Crippen molar-refractivity contribution in [2.24, 2.45) is 0 Å². The van der Waals surface area contributed by atoms with Crippen LogP contribution in [0.3, 0.4) is 0 Å². The Hall–Kier alpha value is -1.57. The van der Waals surface area contributed by atoms with Gasteiger partial charge in [-0.3, -0.25) is 0 Å². The minimum Gasteiger partial charge on any atom is -0.462 e. The molecule has 1 aromatic carbocycles. The third-order valence-electron chi connectivity index (χ3n) is 3.32. The van der Waals surface area contributed by atoms with Gasteiger partial charge in [-0.05, 0) is 49.2 Å². The van der Waals surface area contributed by atoms with Gasteiger partial charge in [0.25, 0.3) is 0 Å². The lowest BCUT2D eigenvalue weighted by molar-refractivity contribution is 0.0528. The summed E-state index contributed by atoms with van der Waals surface area (Å²) in [5, 5.41) is 7.55. The number of benzene rings is 1. The van der Waals surface area contributed by atoms with Crippen LogP contribution in [0.2, 0.25) is 0 Å². The molecule has 134 valence electrons. The first-order valence-corrected chi connectivity index (χ1v) is 10.7. The van der Waals surface area contributed by atoms with Gasteiger partial charge in [-0.25, -0.2) is 4.79 Å². The second-order valence-corrected chi connectivity index (χ2v) is 7.61. The van der Waals surface area contributed by atoms with Crippen molar-refractivity contribution in [3.05, 3.63) is 42.0 Å². The van der Waals surface area contributed by atoms with Crippen LogP contribution in [-0.4, -0.2) is 36.2 Å². The predicted molar refractivity (Wildman–Crippen MR) is 113 cm³/mol. The van der Waals surface area contributed by atoms with E-state index in [1.165, 1.54) is 11.3 Å². The summed E-state index contributed by atoms with van der Waals surface area (Å²) in [4.78, 5) is 13.3. The molecule has 4 nitrogen and oxygen atoms in total. The third kappa shape index (κ3) is 6.02. The zero-order chi connectivity index (χ0) is 18.1. The maximum atomic E-state index is 12.3. The number of hydrogen-bond donors (Lipinski definition) is 2. The third-order valence-corrected chi connectivity index (χ3v) is 5.37. The van der Waals surface area contributed by atoms with Crippen molar-refractivity contribution in [1.82, 2.24) is 5.32 Å². The maximum Gasteiger partial charge on any atom is 0.341 e. The molecule has 0 spiro atoms. The lowest BCUT2D eigenvalue weighted by Crippen LogP contribution is -2.29. The smallest absolute Gasteiger partial charge is 0.341 e. The monoisotopic (exact) mass is 394 g/mol. The average Bonchev–Trinajstić information content (AvgIpc) is 3.03. The Balaban J connectivity index is 2.15. The van der Waals surface area contributed by atoms with Crippen LogP contribution >= 0.6 is 35.3 Å². The van der Waals surface area contributed by atoms with Crippen LogP contribution in [0.25, 0.3) is 10.4 Å². The number of thiophene rings is 1. The van der Waals surface area contributed by atoms with Crippen LogP contribution in [0, 0.1) is 0 Å². The fraction of sp³-hybridized carbons (Fsp3) is 0.333. The van der Waals surface area contributed by atoms with E-state index in [1.807, 2.05) is 48.2 Å². The summed E-state index contributed by atoms with van der Waals surface area (Å²) >= 11 is 8.65. The number of thioether (sulfide) groups is 1. The van der Waals surface area contributed by atoms with Crippen molar-refractivity contribution in [2.45, 2.75) is 13.3 Å². The summed E-state index contributed by atoms with van der Waals surface area (Å²) in [5.74, 6) is 0.745. The van der Waals surface area contributed by atoms with Crippen molar-refractivity contribution < 1.29 is 9.53 Å². The minimum absolute atomic E-state index is 0.339. The van der Waals surface area contributed by atoms with Gasteiger partial charge >= 0.3 is 5.97 Å². The maximum absolute atomic E-state index is 12.3. The molecule has 0 amide bonds. The molecule has 0 saturated heterocycles. The molecule has 0 aliphatic rings. The van der Waals surface area contributed by atoms with Gasteiger partial charge in [0.2, 0.25) is 0 Å². The number of hydrogen-bond acceptors (Lipinski definition) is 5. The molecular formula is C18H22N2O2S3. The molecule has 0 unspecified atom stereocenters. The number of thiocarbonyl (C=S) groups is 1. The summed E-state index contributed by atoms with van der Waals surface area (Å²) in [6.07, 6.45) is 3.12. The lowest BCUT2D eigenvalue weighted by atomic mass is 10.1. The molecule has 1 aromatic heterocycles. The number of nitrogens with one attached hydrogen (secondary N) is 2. The van der Waals surface area contributed by atoms with E-state index in [4.69, 9.17) is 17.0 Å². The molecule has 0 atom stereocenters. The molecule has 0 bridgehead atoms. The van der Waals surface area contributed by atoms with Crippen LogP contribution in [0.1, 0.15) is 23.7 Å². The standard InChI is InChI=1S/C18H22N2O2S3/c1-3-22-17(21)14-12-15(13-8-5-4-6-9-13)25-16(14)20-18(23)19-10-7-11-24-2/h4-6,8-9,12H,3,7,10-11H2,1-2H3,(H2,19,20,23). The number of carbonyl (C=O) groups is 1. The van der Waals surface area contributed by atoms with E-state index in [1.54, 1.807) is 6.92 Å². The molecule has 2 N–H and O–H groups in total. The Kier molecular flexibility index (Phi) is 8.24. The van der Waals surface area contributed by atoms with Crippen LogP contribution in [0.4, 0.5) is 5.00 Å². The highest BCUT2D eigenvalue weighted by molar-refractivity contribution is 7.98. The van der Waals surface area contributed by atoms with Gasteiger partial charge in [0, 0.05) is 11.4 Å². The predicted octanol–water partition coefficient (Wildman–Crippen LogP) is 4.63. The van der Waals surface area contributed by atoms with Crippen LogP contribution < -0.4 is 10.6 Å². The Labute approximate surface area is 162 Å². The van der Waals surface area contributed by atoms with Crippen molar-refractivity contribution >= 4 is 51.4 Å². The quantitative estimate of drug-likeness (QED) is 0.387. The highest BCUT2D eigenvalue weighted by Gasteiger charge is 2.18. The number of esters is 1. The van der Waals surface area contributed by atoms with Gasteiger partial charge in [-0.1, -0.05) is 30.3 Å². The topological polar surface area (TPSA) is 50.4 Å². The first-order chi connectivity index (χ1) is 12.2. The Bertz CT molecular complexity index is 702. The van der Waals surface area contributed by atoms with E-state index in [9.17, 15) is 4.79 Å². The van der Waals surface area contributed by atoms with Crippen LogP contribution in [0.15, 0.2) is 36.4 Å². The van der Waals surface area contributed by atoms with Crippen molar-refractivity contribution in [3.8, 4) is 10.4 Å². The Morgan fingerprint density at radius 2 is 2.08 bits per heavy atom.